The summed E-state index contributed by atoms with van der Waals surface area (Å²) in [6, 6.07) is 1.57. The van der Waals surface area contributed by atoms with Crippen molar-refractivity contribution in [1.82, 2.24) is 4.31 Å². The van der Waals surface area contributed by atoms with Gasteiger partial charge in [-0.2, -0.15) is 0 Å². The quantitative estimate of drug-likeness (QED) is 0.436. The van der Waals surface area contributed by atoms with Gasteiger partial charge in [-0.1, -0.05) is 6.42 Å². The van der Waals surface area contributed by atoms with Crippen LogP contribution < -0.4 is 0 Å². The zero-order valence-electron chi connectivity index (χ0n) is 7.27. The zero-order chi connectivity index (χ0) is 9.35. The molecule has 2 unspecified atom stereocenters. The van der Waals surface area contributed by atoms with Crippen molar-refractivity contribution < 1.29 is 0 Å². The van der Waals surface area contributed by atoms with E-state index in [-0.39, 0.29) is 0 Å². The molecule has 1 fully saturated rings. The van der Waals surface area contributed by atoms with Crippen LogP contribution in [-0.2, 0) is 0 Å². The minimum atomic E-state index is -0.581. The van der Waals surface area contributed by atoms with Crippen molar-refractivity contribution in [2.24, 2.45) is 0 Å². The Kier molecular flexibility index (Phi) is 5.26. The Balaban J connectivity index is 2.69. The van der Waals surface area contributed by atoms with Crippen LogP contribution in [0, 0.1) is 0 Å². The lowest BCUT2D eigenvalue weighted by atomic mass is 10.0. The van der Waals surface area contributed by atoms with Crippen LogP contribution in [0.4, 0.5) is 0 Å². The Morgan fingerprint density at radius 1 is 1.08 bits per heavy atom. The molecule has 0 aliphatic carbocycles. The molecule has 1 aliphatic heterocycles. The Bertz CT molecular complexity index is 149. The Labute approximate surface area is 113 Å². The highest BCUT2D eigenvalue weighted by molar-refractivity contribution is 14.5. The molecule has 1 rings (SSSR count). The van der Waals surface area contributed by atoms with Crippen LogP contribution in [0.25, 0.3) is 0 Å². The van der Waals surface area contributed by atoms with E-state index in [2.05, 4.69) is 81.8 Å². The number of nitrogens with zero attached hydrogens (tertiary/aromatic N) is 1. The van der Waals surface area contributed by atoms with Crippen molar-refractivity contribution in [2.45, 2.75) is 45.2 Å². The van der Waals surface area contributed by atoms with Crippen LogP contribution in [-0.4, -0.2) is 16.4 Å². The molecule has 0 radical (unpaired) electrons. The summed E-state index contributed by atoms with van der Waals surface area (Å²) in [5.74, 6) is 0. The van der Waals surface area contributed by atoms with Gasteiger partial charge in [-0.25, -0.2) is 4.31 Å². The molecule has 1 aliphatic rings. The van der Waals surface area contributed by atoms with Gasteiger partial charge in [-0.05, 0) is 28.4 Å². The average Bonchev–Trinajstić information content (AvgIpc) is 1.82. The molecule has 0 spiro atoms. The van der Waals surface area contributed by atoms with Crippen LogP contribution in [0.2, 0.25) is 0 Å². The predicted octanol–water partition coefficient (Wildman–Crippen LogP) is 5.02. The number of hydrogen-bond donors (Lipinski definition) is 0. The second-order valence-corrected chi connectivity index (χ2v) is 31.2. The fourth-order valence-corrected chi connectivity index (χ4v) is 9.82. The van der Waals surface area contributed by atoms with Crippen molar-refractivity contribution >= 4 is 65.3 Å². The summed E-state index contributed by atoms with van der Waals surface area (Å²) in [5.41, 5.74) is 0. The summed E-state index contributed by atoms with van der Waals surface area (Å²) >= 11 is 7.83. The van der Waals surface area contributed by atoms with Crippen LogP contribution >= 0.6 is 65.3 Å². The maximum Gasteiger partial charge on any atom is 0.0182 e. The topological polar surface area (TPSA) is 3.24 Å². The van der Waals surface area contributed by atoms with Gasteiger partial charge < -0.3 is 0 Å². The van der Waals surface area contributed by atoms with E-state index in [1.165, 1.54) is 19.3 Å². The first-order valence-corrected chi connectivity index (χ1v) is 13.4. The lowest BCUT2D eigenvalue weighted by Crippen LogP contribution is -2.40. The number of hydrogen-bond acceptors (Lipinski definition) is 1. The molecule has 0 aromatic rings. The molecule has 5 heteroatoms. The number of rotatable bonds is 1. The van der Waals surface area contributed by atoms with Crippen LogP contribution in [0.15, 0.2) is 0 Å². The van der Waals surface area contributed by atoms with E-state index in [1.54, 1.807) is 0 Å². The SMILES string of the molecule is CC1CCCC(C)N1S(I)(I)I. The summed E-state index contributed by atoms with van der Waals surface area (Å²) in [6.45, 7) is 4.74. The van der Waals surface area contributed by atoms with Crippen molar-refractivity contribution in [3.63, 3.8) is 0 Å². The molecular weight excluding hydrogens is 511 g/mol. The van der Waals surface area contributed by atoms with Crippen LogP contribution in [0.3, 0.4) is 0 Å². The van der Waals surface area contributed by atoms with E-state index in [9.17, 15) is 0 Å². The highest BCUT2D eigenvalue weighted by Crippen LogP contribution is 2.75. The van der Waals surface area contributed by atoms with Crippen LogP contribution in [0.5, 0.6) is 0 Å². The lowest BCUT2D eigenvalue weighted by molar-refractivity contribution is 0.225. The molecule has 0 bridgehead atoms. The van der Waals surface area contributed by atoms with Gasteiger partial charge in [-0.15, -0.1) is 0 Å². The highest BCUT2D eigenvalue weighted by atomic mass is 127. The largest absolute Gasteiger partial charge is 0.238 e. The van der Waals surface area contributed by atoms with Gasteiger partial charge in [0.2, 0.25) is 0 Å². The third-order valence-corrected chi connectivity index (χ3v) is 7.64. The van der Waals surface area contributed by atoms with Gasteiger partial charge >= 0.3 is 0 Å². The van der Waals surface area contributed by atoms with Gasteiger partial charge in [0.15, 0.2) is 0 Å². The van der Waals surface area contributed by atoms with E-state index in [0.717, 1.165) is 12.1 Å². The van der Waals surface area contributed by atoms with Crippen molar-refractivity contribution in [3.8, 4) is 0 Å². The number of halogens is 3. The Morgan fingerprint density at radius 2 is 1.50 bits per heavy atom. The first kappa shape index (κ1) is 12.6. The monoisotopic (exact) mass is 525 g/mol. The minimum Gasteiger partial charge on any atom is -0.238 e. The van der Waals surface area contributed by atoms with Crippen molar-refractivity contribution in [2.75, 3.05) is 0 Å². The van der Waals surface area contributed by atoms with Crippen LogP contribution in [0.1, 0.15) is 33.1 Å². The second kappa shape index (κ2) is 5.02. The summed E-state index contributed by atoms with van der Waals surface area (Å²) in [6.07, 6.45) is 4.18. The normalized spacial score (nSPS) is 35.1. The lowest BCUT2D eigenvalue weighted by Gasteiger charge is -2.45. The van der Waals surface area contributed by atoms with Gasteiger partial charge in [-0.3, -0.25) is 0 Å². The molecule has 1 saturated heterocycles. The molecule has 12 heavy (non-hydrogen) atoms. The van der Waals surface area contributed by atoms with Gasteiger partial charge in [0.25, 0.3) is 0 Å². The molecule has 1 heterocycles. The summed E-state index contributed by atoms with van der Waals surface area (Å²) < 4.78 is 2.13. The first-order chi connectivity index (χ1) is 5.43. The average molecular weight is 525 g/mol. The molecular formula is C7H14I3NS. The number of piperidine rings is 1. The fraction of sp³-hybridized carbons (Fsp3) is 1.00. The molecule has 0 aromatic carbocycles. The molecule has 74 valence electrons. The third kappa shape index (κ3) is 3.27. The summed E-state index contributed by atoms with van der Waals surface area (Å²) in [5, 5.41) is 0. The second-order valence-electron chi connectivity index (χ2n) is 3.37. The molecule has 0 amide bonds. The highest BCUT2D eigenvalue weighted by Gasteiger charge is 2.34. The molecule has 0 saturated carbocycles. The molecule has 0 N–H and O–H groups in total. The molecule has 0 aromatic heterocycles. The van der Waals surface area contributed by atoms with Gasteiger partial charge in [0, 0.05) is 75.7 Å². The molecule has 2 atom stereocenters. The minimum absolute atomic E-state index is 0.581. The zero-order valence-corrected chi connectivity index (χ0v) is 14.6. The van der Waals surface area contributed by atoms with E-state index < -0.39 is 1.73 Å². The summed E-state index contributed by atoms with van der Waals surface area (Å²) in [7, 11) is 0. The first-order valence-electron chi connectivity index (χ1n) is 4.13. The van der Waals surface area contributed by atoms with Gasteiger partial charge in [0.1, 0.15) is 0 Å². The third-order valence-electron chi connectivity index (χ3n) is 2.35. The van der Waals surface area contributed by atoms with Gasteiger partial charge in [0.05, 0.1) is 0 Å². The predicted molar refractivity (Wildman–Crippen MR) is 84.3 cm³/mol. The van der Waals surface area contributed by atoms with E-state index >= 15 is 0 Å². The molecule has 1 nitrogen and oxygen atoms in total. The van der Waals surface area contributed by atoms with E-state index in [4.69, 9.17) is 0 Å². The maximum atomic E-state index is 2.71. The van der Waals surface area contributed by atoms with Crippen molar-refractivity contribution in [1.29, 1.82) is 0 Å². The van der Waals surface area contributed by atoms with E-state index in [1.807, 2.05) is 0 Å². The van der Waals surface area contributed by atoms with E-state index in [0.29, 0.717) is 0 Å². The fourth-order valence-electron chi connectivity index (χ4n) is 1.81. The summed E-state index contributed by atoms with van der Waals surface area (Å²) in [4.78, 5) is 0. The standard InChI is InChI=1S/C7H14I3NS/c1-6-4-3-5-7(2)11(6)12(8,9)10/h6-7H,3-5H2,1-2H3. The Hall–Kier alpha value is 2.50. The van der Waals surface area contributed by atoms with Crippen molar-refractivity contribution in [3.05, 3.63) is 0 Å². The Morgan fingerprint density at radius 3 is 1.75 bits per heavy atom. The smallest absolute Gasteiger partial charge is 0.0182 e. The maximum absolute atomic E-state index is 2.71.